The van der Waals surface area contributed by atoms with E-state index in [0.717, 1.165) is 28.6 Å². The minimum absolute atomic E-state index is 0.0530. The average molecular weight is 474 g/mol. The van der Waals surface area contributed by atoms with Crippen LogP contribution < -0.4 is 5.32 Å². The number of hydrogen-bond acceptors (Lipinski definition) is 6. The molecule has 174 valence electrons. The molecule has 8 nitrogen and oxygen atoms in total. The monoisotopic (exact) mass is 474 g/mol. The highest BCUT2D eigenvalue weighted by Crippen LogP contribution is 2.24. The zero-order valence-electron chi connectivity index (χ0n) is 16.9. The minimum Gasteiger partial charge on any atom is -0.389 e. The molecule has 3 rings (SSSR count). The molecule has 0 aliphatic carbocycles. The summed E-state index contributed by atoms with van der Waals surface area (Å²) in [5, 5.41) is 22.0. The van der Waals surface area contributed by atoms with Crippen molar-refractivity contribution in [2.75, 3.05) is 31.6 Å². The van der Waals surface area contributed by atoms with E-state index < -0.39 is 57.0 Å². The first kappa shape index (κ1) is 24.1. The highest BCUT2D eigenvalue weighted by atomic mass is 32.2. The number of hydrogen-bond donors (Lipinski definition) is 3. The van der Waals surface area contributed by atoms with Crippen molar-refractivity contribution in [2.45, 2.75) is 24.0 Å². The fraction of sp³-hybridized carbons (Fsp3) is 0.350. The van der Waals surface area contributed by atoms with E-state index in [1.807, 2.05) is 0 Å². The number of sulfonamides is 1. The molecule has 1 unspecified atom stereocenters. The summed E-state index contributed by atoms with van der Waals surface area (Å²) in [6, 6.07) is 4.56. The maximum absolute atomic E-state index is 14.4. The Morgan fingerprint density at radius 3 is 2.53 bits per heavy atom. The molecule has 3 N–H and O–H groups in total. The topological polar surface area (TPSA) is 116 Å². The average Bonchev–Trinajstić information content (AvgIpc) is 2.72. The second kappa shape index (κ2) is 9.55. The number of rotatable bonds is 4. The number of amides is 1. The quantitative estimate of drug-likeness (QED) is 0.617. The number of nitrogens with one attached hydrogen (secondary N) is 1. The Labute approximate surface area is 182 Å². The maximum atomic E-state index is 14.4. The van der Waals surface area contributed by atoms with E-state index in [1.54, 1.807) is 0 Å². The van der Waals surface area contributed by atoms with Crippen molar-refractivity contribution < 1.29 is 41.3 Å². The first-order valence-corrected chi connectivity index (χ1v) is 10.9. The van der Waals surface area contributed by atoms with Gasteiger partial charge in [-0.25, -0.2) is 21.6 Å². The fourth-order valence-electron chi connectivity index (χ4n) is 3.10. The Morgan fingerprint density at radius 1 is 1.12 bits per heavy atom. The SMILES string of the molecule is Cc1cc(NC(=O)c2ccc(F)c(S(=O)(=O)N3CCOC[C@H](O)C(O)C3)c2)cc(F)c1F. The van der Waals surface area contributed by atoms with E-state index in [1.165, 1.54) is 13.0 Å². The number of nitrogens with zero attached hydrogens (tertiary/aromatic N) is 1. The normalized spacial score (nSPS) is 20.4. The van der Waals surface area contributed by atoms with Crippen molar-refractivity contribution in [2.24, 2.45) is 0 Å². The van der Waals surface area contributed by atoms with Crippen LogP contribution in [-0.2, 0) is 14.8 Å². The van der Waals surface area contributed by atoms with E-state index in [4.69, 9.17) is 4.74 Å². The number of anilines is 1. The molecule has 0 bridgehead atoms. The van der Waals surface area contributed by atoms with Gasteiger partial charge in [0, 0.05) is 30.4 Å². The zero-order chi connectivity index (χ0) is 23.6. The zero-order valence-corrected chi connectivity index (χ0v) is 17.7. The van der Waals surface area contributed by atoms with Gasteiger partial charge in [0.25, 0.3) is 5.91 Å². The fourth-order valence-corrected chi connectivity index (χ4v) is 4.64. The van der Waals surface area contributed by atoms with Gasteiger partial charge in [0.1, 0.15) is 16.8 Å². The van der Waals surface area contributed by atoms with E-state index in [9.17, 15) is 36.6 Å². The molecule has 12 heteroatoms. The third-order valence-electron chi connectivity index (χ3n) is 4.89. The highest BCUT2D eigenvalue weighted by Gasteiger charge is 2.33. The molecular formula is C20H21F3N2O6S. The van der Waals surface area contributed by atoms with Crippen LogP contribution >= 0.6 is 0 Å². The highest BCUT2D eigenvalue weighted by molar-refractivity contribution is 7.89. The maximum Gasteiger partial charge on any atom is 0.255 e. The van der Waals surface area contributed by atoms with Gasteiger partial charge in [0.2, 0.25) is 10.0 Å². The van der Waals surface area contributed by atoms with Crippen LogP contribution in [0.3, 0.4) is 0 Å². The standard InChI is InChI=1S/C20H21F3N2O6S/c1-11-6-13(8-15(22)19(11)23)24-20(28)12-2-3-14(21)18(7-12)32(29,30)25-4-5-31-10-17(27)16(26)9-25/h2-3,6-8,16-17,26-27H,4-5,9-10H2,1H3,(H,24,28)/t16?,17-/m0/s1. The molecule has 0 aromatic heterocycles. The lowest BCUT2D eigenvalue weighted by molar-refractivity contribution is -0.0588. The number of carbonyl (C=O) groups excluding carboxylic acids is 1. The van der Waals surface area contributed by atoms with Gasteiger partial charge in [0.15, 0.2) is 11.6 Å². The smallest absolute Gasteiger partial charge is 0.255 e. The van der Waals surface area contributed by atoms with Crippen LogP contribution in [0.1, 0.15) is 15.9 Å². The van der Waals surface area contributed by atoms with Crippen molar-refractivity contribution in [3.63, 3.8) is 0 Å². The second-order valence-corrected chi connectivity index (χ2v) is 9.17. The van der Waals surface area contributed by atoms with Crippen molar-refractivity contribution in [3.05, 3.63) is 58.9 Å². The molecule has 0 radical (unpaired) electrons. The third kappa shape index (κ3) is 5.10. The predicted molar refractivity (Wildman–Crippen MR) is 107 cm³/mol. The Bertz CT molecular complexity index is 1110. The number of aryl methyl sites for hydroxylation is 1. The lowest BCUT2D eigenvalue weighted by Crippen LogP contribution is -2.47. The molecule has 0 saturated carbocycles. The predicted octanol–water partition coefficient (Wildman–Crippen LogP) is 1.41. The number of aliphatic hydroxyl groups is 2. The van der Waals surface area contributed by atoms with Crippen LogP contribution in [0.15, 0.2) is 35.2 Å². The molecule has 2 atom stereocenters. The summed E-state index contributed by atoms with van der Waals surface area (Å²) in [6.07, 6.45) is -2.79. The van der Waals surface area contributed by atoms with Gasteiger partial charge in [-0.2, -0.15) is 4.31 Å². The Hall–Kier alpha value is -2.51. The number of β-amino-alcohol motifs (C(OH)–C–C–N with tert-alkyl or cyclic N) is 1. The Morgan fingerprint density at radius 2 is 1.84 bits per heavy atom. The number of carbonyl (C=O) groups is 1. The van der Waals surface area contributed by atoms with Crippen LogP contribution in [0.25, 0.3) is 0 Å². The van der Waals surface area contributed by atoms with Crippen molar-refractivity contribution in [3.8, 4) is 0 Å². The van der Waals surface area contributed by atoms with Crippen LogP contribution in [0.2, 0.25) is 0 Å². The van der Waals surface area contributed by atoms with Gasteiger partial charge in [0.05, 0.1) is 19.3 Å². The van der Waals surface area contributed by atoms with Crippen molar-refractivity contribution in [1.29, 1.82) is 0 Å². The van der Waals surface area contributed by atoms with E-state index in [0.29, 0.717) is 0 Å². The third-order valence-corrected chi connectivity index (χ3v) is 6.77. The molecule has 1 heterocycles. The lowest BCUT2D eigenvalue weighted by Gasteiger charge is -2.29. The Balaban J connectivity index is 1.89. The van der Waals surface area contributed by atoms with Gasteiger partial charge in [-0.05, 0) is 36.8 Å². The summed E-state index contributed by atoms with van der Waals surface area (Å²) in [4.78, 5) is 11.7. The number of aliphatic hydroxyl groups excluding tert-OH is 2. The number of ether oxygens (including phenoxy) is 1. The molecular weight excluding hydrogens is 453 g/mol. The Kier molecular flexibility index (Phi) is 7.20. The second-order valence-electron chi connectivity index (χ2n) is 7.26. The number of benzene rings is 2. The van der Waals surface area contributed by atoms with Gasteiger partial charge in [-0.15, -0.1) is 0 Å². The molecule has 1 fully saturated rings. The van der Waals surface area contributed by atoms with Crippen LogP contribution in [-0.4, -0.2) is 67.4 Å². The summed E-state index contributed by atoms with van der Waals surface area (Å²) < 4.78 is 73.3. The summed E-state index contributed by atoms with van der Waals surface area (Å²) in [5.74, 6) is -4.26. The summed E-state index contributed by atoms with van der Waals surface area (Å²) in [6.45, 7) is 0.310. The first-order chi connectivity index (χ1) is 15.0. The molecule has 2 aromatic rings. The van der Waals surface area contributed by atoms with Crippen molar-refractivity contribution >= 4 is 21.6 Å². The van der Waals surface area contributed by atoms with E-state index in [-0.39, 0.29) is 36.6 Å². The lowest BCUT2D eigenvalue weighted by atomic mass is 10.1. The van der Waals surface area contributed by atoms with Gasteiger partial charge >= 0.3 is 0 Å². The van der Waals surface area contributed by atoms with Crippen molar-refractivity contribution in [1.82, 2.24) is 4.31 Å². The molecule has 0 spiro atoms. The van der Waals surface area contributed by atoms with Crippen LogP contribution in [0.5, 0.6) is 0 Å². The molecule has 1 aliphatic rings. The number of halogens is 3. The molecule has 2 aromatic carbocycles. The minimum atomic E-state index is -4.52. The first-order valence-electron chi connectivity index (χ1n) is 9.51. The summed E-state index contributed by atoms with van der Waals surface area (Å²) in [7, 11) is -4.52. The summed E-state index contributed by atoms with van der Waals surface area (Å²) in [5.41, 5.74) is -0.378. The van der Waals surface area contributed by atoms with E-state index >= 15 is 0 Å². The van der Waals surface area contributed by atoms with E-state index in [2.05, 4.69) is 5.32 Å². The molecule has 1 saturated heterocycles. The van der Waals surface area contributed by atoms with Gasteiger partial charge in [-0.1, -0.05) is 0 Å². The molecule has 1 amide bonds. The molecule has 1 aliphatic heterocycles. The van der Waals surface area contributed by atoms with Gasteiger partial charge in [-0.3, -0.25) is 4.79 Å². The largest absolute Gasteiger partial charge is 0.389 e. The van der Waals surface area contributed by atoms with Crippen LogP contribution in [0, 0.1) is 24.4 Å². The van der Waals surface area contributed by atoms with Crippen LogP contribution in [0.4, 0.5) is 18.9 Å². The molecule has 32 heavy (non-hydrogen) atoms. The summed E-state index contributed by atoms with van der Waals surface area (Å²) >= 11 is 0. The van der Waals surface area contributed by atoms with Gasteiger partial charge < -0.3 is 20.3 Å².